The zero-order chi connectivity index (χ0) is 20.5. The van der Waals surface area contributed by atoms with Gasteiger partial charge in [-0.05, 0) is 49.2 Å². The van der Waals surface area contributed by atoms with Crippen molar-refractivity contribution < 1.29 is 13.5 Å². The fourth-order valence-corrected chi connectivity index (χ4v) is 3.02. The van der Waals surface area contributed by atoms with Crippen LogP contribution in [0.15, 0.2) is 45.7 Å². The molecule has 8 nitrogen and oxygen atoms in total. The van der Waals surface area contributed by atoms with Crippen LogP contribution in [0.3, 0.4) is 0 Å². The molecule has 0 bridgehead atoms. The van der Waals surface area contributed by atoms with E-state index in [0.717, 1.165) is 17.3 Å². The first-order chi connectivity index (χ1) is 13.9. The van der Waals surface area contributed by atoms with E-state index >= 15 is 0 Å². The quantitative estimate of drug-likeness (QED) is 0.466. The van der Waals surface area contributed by atoms with Crippen molar-refractivity contribution in [2.24, 2.45) is 0 Å². The van der Waals surface area contributed by atoms with Gasteiger partial charge in [-0.15, -0.1) is 0 Å². The van der Waals surface area contributed by atoms with Crippen molar-refractivity contribution in [1.29, 1.82) is 0 Å². The lowest BCUT2D eigenvalue weighted by Gasteiger charge is -2.11. The second-order valence-electron chi connectivity index (χ2n) is 6.56. The van der Waals surface area contributed by atoms with Crippen LogP contribution in [0, 0.1) is 19.7 Å². The summed E-state index contributed by atoms with van der Waals surface area (Å²) in [5.41, 5.74) is 3.95. The molecular weight excluding hydrogens is 377 g/mol. The predicted molar refractivity (Wildman–Crippen MR) is 108 cm³/mol. The number of ether oxygens (including phenoxy) is 1. The van der Waals surface area contributed by atoms with Crippen molar-refractivity contribution in [2.45, 2.75) is 13.8 Å². The zero-order valence-corrected chi connectivity index (χ0v) is 16.0. The first-order valence-corrected chi connectivity index (χ1v) is 8.77. The van der Waals surface area contributed by atoms with Gasteiger partial charge in [0.15, 0.2) is 17.2 Å². The number of hydrogen-bond acceptors (Lipinski definition) is 7. The third-order valence-electron chi connectivity index (χ3n) is 4.26. The van der Waals surface area contributed by atoms with E-state index < -0.39 is 11.6 Å². The molecule has 2 aromatic carbocycles. The first-order valence-electron chi connectivity index (χ1n) is 8.77. The fourth-order valence-electron chi connectivity index (χ4n) is 3.02. The van der Waals surface area contributed by atoms with Crippen molar-refractivity contribution in [3.63, 3.8) is 0 Å². The molecule has 148 valence electrons. The molecular formula is C20H18FN5O3. The molecule has 0 aliphatic heterocycles. The summed E-state index contributed by atoms with van der Waals surface area (Å²) in [4.78, 5) is 22.2. The van der Waals surface area contributed by atoms with Crippen molar-refractivity contribution in [1.82, 2.24) is 15.0 Å². The zero-order valence-electron chi connectivity index (χ0n) is 16.0. The number of fused-ring (bicyclic) bond motifs is 1. The highest BCUT2D eigenvalue weighted by molar-refractivity contribution is 5.81. The number of H-pyrrole nitrogens is 1. The Bertz CT molecular complexity index is 1260. The molecule has 0 aliphatic carbocycles. The van der Waals surface area contributed by atoms with Crippen molar-refractivity contribution in [3.8, 4) is 5.75 Å². The van der Waals surface area contributed by atoms with Crippen LogP contribution in [-0.2, 0) is 0 Å². The largest absolute Gasteiger partial charge is 0.497 e. The SMILES string of the molecule is COc1cc(C)cc(Nc2ncc(F)c(Nc3cc(C)c4oc(=O)[nH]c4c3)n2)c1. The van der Waals surface area contributed by atoms with Gasteiger partial charge in [0.1, 0.15) is 5.75 Å². The number of aromatic amines is 1. The van der Waals surface area contributed by atoms with Gasteiger partial charge in [-0.3, -0.25) is 4.98 Å². The monoisotopic (exact) mass is 395 g/mol. The first kappa shape index (κ1) is 18.5. The molecule has 0 aliphatic rings. The van der Waals surface area contributed by atoms with Gasteiger partial charge in [-0.25, -0.2) is 14.2 Å². The lowest BCUT2D eigenvalue weighted by molar-refractivity contribution is 0.414. The minimum atomic E-state index is -0.615. The maximum Gasteiger partial charge on any atom is 0.417 e. The molecule has 0 unspecified atom stereocenters. The highest BCUT2D eigenvalue weighted by Gasteiger charge is 2.11. The Kier molecular flexibility index (Phi) is 4.63. The topological polar surface area (TPSA) is 105 Å². The van der Waals surface area contributed by atoms with Gasteiger partial charge in [-0.1, -0.05) is 0 Å². The summed E-state index contributed by atoms with van der Waals surface area (Å²) in [6, 6.07) is 8.96. The van der Waals surface area contributed by atoms with Gasteiger partial charge in [0.2, 0.25) is 5.95 Å². The van der Waals surface area contributed by atoms with E-state index in [1.54, 1.807) is 32.2 Å². The van der Waals surface area contributed by atoms with Crippen LogP contribution in [0.5, 0.6) is 5.75 Å². The number of rotatable bonds is 5. The van der Waals surface area contributed by atoms with Crippen LogP contribution in [-0.4, -0.2) is 22.1 Å². The number of methoxy groups -OCH3 is 1. The molecule has 29 heavy (non-hydrogen) atoms. The van der Waals surface area contributed by atoms with Crippen LogP contribution in [0.25, 0.3) is 11.1 Å². The van der Waals surface area contributed by atoms with Crippen LogP contribution < -0.4 is 21.1 Å². The van der Waals surface area contributed by atoms with Crippen molar-refractivity contribution >= 4 is 34.2 Å². The van der Waals surface area contributed by atoms with Crippen molar-refractivity contribution in [2.75, 3.05) is 17.7 Å². The van der Waals surface area contributed by atoms with E-state index in [1.165, 1.54) is 0 Å². The molecule has 0 atom stereocenters. The Labute approximate surface area is 164 Å². The van der Waals surface area contributed by atoms with Crippen molar-refractivity contribution in [3.05, 3.63) is 64.0 Å². The number of oxazole rings is 1. The Hall–Kier alpha value is -3.88. The lowest BCUT2D eigenvalue weighted by atomic mass is 10.2. The highest BCUT2D eigenvalue weighted by Crippen LogP contribution is 2.26. The molecule has 0 saturated carbocycles. The number of nitrogens with one attached hydrogen (secondary N) is 3. The normalized spacial score (nSPS) is 10.9. The number of aromatic nitrogens is 3. The summed E-state index contributed by atoms with van der Waals surface area (Å²) < 4.78 is 24.6. The van der Waals surface area contributed by atoms with Gasteiger partial charge >= 0.3 is 5.76 Å². The second kappa shape index (κ2) is 7.27. The molecule has 0 fully saturated rings. The average Bonchev–Trinajstić information content (AvgIpc) is 3.05. The maximum absolute atomic E-state index is 14.3. The third-order valence-corrected chi connectivity index (χ3v) is 4.26. The molecule has 0 radical (unpaired) electrons. The highest BCUT2D eigenvalue weighted by atomic mass is 19.1. The van der Waals surface area contributed by atoms with Gasteiger partial charge in [0, 0.05) is 17.4 Å². The maximum atomic E-state index is 14.3. The summed E-state index contributed by atoms with van der Waals surface area (Å²) in [7, 11) is 1.58. The van der Waals surface area contributed by atoms with Crippen LogP contribution in [0.1, 0.15) is 11.1 Å². The van der Waals surface area contributed by atoms with E-state index in [1.807, 2.05) is 19.1 Å². The Morgan fingerprint density at radius 3 is 2.69 bits per heavy atom. The second-order valence-corrected chi connectivity index (χ2v) is 6.56. The summed E-state index contributed by atoms with van der Waals surface area (Å²) in [6.45, 7) is 3.73. The molecule has 4 aromatic rings. The summed E-state index contributed by atoms with van der Waals surface area (Å²) in [5.74, 6) is -0.266. The number of anilines is 4. The number of halogens is 1. The molecule has 2 heterocycles. The van der Waals surface area contributed by atoms with E-state index in [4.69, 9.17) is 9.15 Å². The van der Waals surface area contributed by atoms with Gasteiger partial charge < -0.3 is 19.8 Å². The van der Waals surface area contributed by atoms with Crippen LogP contribution >= 0.6 is 0 Å². The number of benzene rings is 2. The summed E-state index contributed by atoms with van der Waals surface area (Å²) >= 11 is 0. The van der Waals surface area contributed by atoms with E-state index in [0.29, 0.717) is 28.2 Å². The minimum Gasteiger partial charge on any atom is -0.497 e. The smallest absolute Gasteiger partial charge is 0.417 e. The molecule has 0 saturated heterocycles. The molecule has 3 N–H and O–H groups in total. The molecule has 0 amide bonds. The van der Waals surface area contributed by atoms with Crippen LogP contribution in [0.2, 0.25) is 0 Å². The number of aryl methyl sites for hydroxylation is 2. The standard InChI is InChI=1S/C20H18FN5O3/c1-10-4-12(7-14(5-10)28-3)24-19-22-9-15(21)18(26-19)23-13-6-11(2)17-16(8-13)25-20(27)29-17/h4-9H,1-3H3,(H,25,27)(H2,22,23,24,26). The summed E-state index contributed by atoms with van der Waals surface area (Å²) in [6.07, 6.45) is 1.08. The predicted octanol–water partition coefficient (Wildman–Crippen LogP) is 4.16. The van der Waals surface area contributed by atoms with Gasteiger partial charge in [-0.2, -0.15) is 4.98 Å². The van der Waals surface area contributed by atoms with Gasteiger partial charge in [0.05, 0.1) is 18.8 Å². The summed E-state index contributed by atoms with van der Waals surface area (Å²) in [5, 5.41) is 5.97. The molecule has 4 rings (SSSR count). The minimum absolute atomic E-state index is 0.00768. The average molecular weight is 395 g/mol. The Morgan fingerprint density at radius 1 is 1.10 bits per heavy atom. The molecule has 9 heteroatoms. The molecule has 2 aromatic heterocycles. The number of hydrogen-bond donors (Lipinski definition) is 3. The Morgan fingerprint density at radius 2 is 1.90 bits per heavy atom. The van der Waals surface area contributed by atoms with E-state index in [2.05, 4.69) is 25.6 Å². The number of nitrogens with zero attached hydrogens (tertiary/aromatic N) is 2. The third kappa shape index (κ3) is 3.88. The van der Waals surface area contributed by atoms with E-state index in [-0.39, 0.29) is 11.8 Å². The van der Waals surface area contributed by atoms with E-state index in [9.17, 15) is 9.18 Å². The lowest BCUT2D eigenvalue weighted by Crippen LogP contribution is -2.04. The fraction of sp³-hybridized carbons (Fsp3) is 0.150. The Balaban J connectivity index is 1.64. The molecule has 0 spiro atoms. The van der Waals surface area contributed by atoms with Gasteiger partial charge in [0.25, 0.3) is 0 Å². The van der Waals surface area contributed by atoms with Crippen LogP contribution in [0.4, 0.5) is 27.5 Å².